The predicted molar refractivity (Wildman–Crippen MR) is 76.8 cm³/mol. The summed E-state index contributed by atoms with van der Waals surface area (Å²) < 4.78 is 9.13. The van der Waals surface area contributed by atoms with Crippen LogP contribution < -0.4 is 10.6 Å². The molecular formula is C14H18N2O5. The molecule has 7 heteroatoms. The molecule has 7 nitrogen and oxygen atoms in total. The summed E-state index contributed by atoms with van der Waals surface area (Å²) in [6, 6.07) is 6.90. The van der Waals surface area contributed by atoms with Crippen LogP contribution in [-0.2, 0) is 23.9 Å². The van der Waals surface area contributed by atoms with Crippen LogP contribution in [-0.4, -0.2) is 38.6 Å². The van der Waals surface area contributed by atoms with Gasteiger partial charge in [-0.2, -0.15) is 0 Å². The molecule has 0 bridgehead atoms. The van der Waals surface area contributed by atoms with E-state index in [2.05, 4.69) is 20.1 Å². The Labute approximate surface area is 122 Å². The van der Waals surface area contributed by atoms with Gasteiger partial charge >= 0.3 is 11.9 Å². The Morgan fingerprint density at radius 2 is 1.67 bits per heavy atom. The summed E-state index contributed by atoms with van der Waals surface area (Å²) in [5.74, 6) is -2.58. The number of amides is 1. The van der Waals surface area contributed by atoms with Crippen molar-refractivity contribution in [2.24, 2.45) is 5.92 Å². The molecule has 114 valence electrons. The van der Waals surface area contributed by atoms with E-state index in [1.807, 2.05) is 0 Å². The summed E-state index contributed by atoms with van der Waals surface area (Å²) in [5.41, 5.74) is 1.26. The fourth-order valence-electron chi connectivity index (χ4n) is 1.68. The number of benzene rings is 1. The van der Waals surface area contributed by atoms with Crippen molar-refractivity contribution in [3.05, 3.63) is 24.3 Å². The zero-order valence-corrected chi connectivity index (χ0v) is 12.1. The van der Waals surface area contributed by atoms with Gasteiger partial charge in [-0.15, -0.1) is 0 Å². The smallest absolute Gasteiger partial charge is 0.321 e. The zero-order valence-electron chi connectivity index (χ0n) is 12.1. The van der Waals surface area contributed by atoms with E-state index in [0.29, 0.717) is 11.4 Å². The monoisotopic (exact) mass is 294 g/mol. The Balaban J connectivity index is 2.73. The summed E-state index contributed by atoms with van der Waals surface area (Å²) in [4.78, 5) is 34.0. The summed E-state index contributed by atoms with van der Waals surface area (Å²) in [5, 5.41) is 5.57. The SMILES string of the molecule is COC(=O)C(CNc1cccc(NC(C)=O)c1)C(=O)OC. The molecule has 0 unspecified atom stereocenters. The van der Waals surface area contributed by atoms with E-state index in [1.165, 1.54) is 21.1 Å². The second kappa shape index (κ2) is 7.88. The van der Waals surface area contributed by atoms with Gasteiger partial charge in [0.1, 0.15) is 0 Å². The highest BCUT2D eigenvalue weighted by atomic mass is 16.5. The van der Waals surface area contributed by atoms with Crippen molar-refractivity contribution >= 4 is 29.2 Å². The number of hydrogen-bond donors (Lipinski definition) is 2. The minimum absolute atomic E-state index is 0.0306. The number of esters is 2. The van der Waals surface area contributed by atoms with Gasteiger partial charge in [0, 0.05) is 24.8 Å². The van der Waals surface area contributed by atoms with E-state index in [-0.39, 0.29) is 12.5 Å². The second-order valence-electron chi connectivity index (χ2n) is 4.24. The number of anilines is 2. The van der Waals surface area contributed by atoms with Crippen LogP contribution in [0, 0.1) is 5.92 Å². The molecule has 0 aliphatic rings. The quantitative estimate of drug-likeness (QED) is 0.601. The molecule has 0 atom stereocenters. The Bertz CT molecular complexity index is 514. The van der Waals surface area contributed by atoms with Crippen LogP contribution in [0.3, 0.4) is 0 Å². The van der Waals surface area contributed by atoms with Crippen LogP contribution in [0.2, 0.25) is 0 Å². The molecule has 0 saturated heterocycles. The van der Waals surface area contributed by atoms with Gasteiger partial charge in [-0.3, -0.25) is 14.4 Å². The third kappa shape index (κ3) is 5.13. The first-order valence-corrected chi connectivity index (χ1v) is 6.25. The van der Waals surface area contributed by atoms with E-state index in [1.54, 1.807) is 24.3 Å². The van der Waals surface area contributed by atoms with E-state index < -0.39 is 17.9 Å². The largest absolute Gasteiger partial charge is 0.468 e. The maximum absolute atomic E-state index is 11.5. The van der Waals surface area contributed by atoms with Gasteiger partial charge < -0.3 is 20.1 Å². The molecule has 0 heterocycles. The fourth-order valence-corrected chi connectivity index (χ4v) is 1.68. The molecule has 1 aromatic rings. The first-order valence-electron chi connectivity index (χ1n) is 6.25. The molecule has 0 aliphatic heterocycles. The van der Waals surface area contributed by atoms with Gasteiger partial charge in [0.2, 0.25) is 5.91 Å². The zero-order chi connectivity index (χ0) is 15.8. The fraction of sp³-hybridized carbons (Fsp3) is 0.357. The lowest BCUT2D eigenvalue weighted by Gasteiger charge is -2.14. The number of carbonyl (C=O) groups is 3. The maximum Gasteiger partial charge on any atom is 0.321 e. The maximum atomic E-state index is 11.5. The summed E-state index contributed by atoms with van der Waals surface area (Å²) in [6.45, 7) is 1.44. The molecule has 1 aromatic carbocycles. The molecule has 0 radical (unpaired) electrons. The number of nitrogens with one attached hydrogen (secondary N) is 2. The van der Waals surface area contributed by atoms with Crippen molar-refractivity contribution in [2.75, 3.05) is 31.4 Å². The number of hydrogen-bond acceptors (Lipinski definition) is 6. The second-order valence-corrected chi connectivity index (χ2v) is 4.24. The molecule has 0 spiro atoms. The lowest BCUT2D eigenvalue weighted by Crippen LogP contribution is -2.32. The molecule has 1 rings (SSSR count). The van der Waals surface area contributed by atoms with Gasteiger partial charge in [0.25, 0.3) is 0 Å². The first kappa shape index (κ1) is 16.5. The number of ether oxygens (including phenoxy) is 2. The lowest BCUT2D eigenvalue weighted by molar-refractivity contribution is -0.157. The van der Waals surface area contributed by atoms with Crippen LogP contribution in [0.25, 0.3) is 0 Å². The van der Waals surface area contributed by atoms with Gasteiger partial charge in [-0.05, 0) is 18.2 Å². The van der Waals surface area contributed by atoms with Gasteiger partial charge in [0.05, 0.1) is 14.2 Å². The topological polar surface area (TPSA) is 93.7 Å². The highest BCUT2D eigenvalue weighted by Crippen LogP contribution is 2.16. The first-order chi connectivity index (χ1) is 9.97. The highest BCUT2D eigenvalue weighted by Gasteiger charge is 2.28. The van der Waals surface area contributed by atoms with E-state index in [4.69, 9.17) is 0 Å². The van der Waals surface area contributed by atoms with E-state index in [9.17, 15) is 14.4 Å². The predicted octanol–water partition coefficient (Wildman–Crippen LogP) is 1.02. The Morgan fingerprint density at radius 1 is 1.10 bits per heavy atom. The number of rotatable bonds is 6. The molecule has 0 aromatic heterocycles. The molecule has 21 heavy (non-hydrogen) atoms. The van der Waals surface area contributed by atoms with Crippen molar-refractivity contribution < 1.29 is 23.9 Å². The third-order valence-corrected chi connectivity index (χ3v) is 2.66. The molecule has 2 N–H and O–H groups in total. The molecule has 1 amide bonds. The summed E-state index contributed by atoms with van der Waals surface area (Å²) in [6.07, 6.45) is 0. The minimum Gasteiger partial charge on any atom is -0.468 e. The van der Waals surface area contributed by atoms with Crippen LogP contribution in [0.1, 0.15) is 6.92 Å². The van der Waals surface area contributed by atoms with Crippen molar-refractivity contribution in [1.82, 2.24) is 0 Å². The van der Waals surface area contributed by atoms with E-state index in [0.717, 1.165) is 0 Å². The standard InChI is InChI=1S/C14H18N2O5/c1-9(17)16-11-6-4-5-10(7-11)15-8-12(13(18)20-2)14(19)21-3/h4-7,12,15H,8H2,1-3H3,(H,16,17). The van der Waals surface area contributed by atoms with Crippen molar-refractivity contribution in [3.8, 4) is 0 Å². The number of carbonyl (C=O) groups excluding carboxylic acids is 3. The Kier molecular flexibility index (Phi) is 6.19. The summed E-state index contributed by atoms with van der Waals surface area (Å²) >= 11 is 0. The molecule has 0 fully saturated rings. The lowest BCUT2D eigenvalue weighted by atomic mass is 10.1. The van der Waals surface area contributed by atoms with Crippen molar-refractivity contribution in [1.29, 1.82) is 0 Å². The summed E-state index contributed by atoms with van der Waals surface area (Å²) in [7, 11) is 2.41. The minimum atomic E-state index is -1.05. The average Bonchev–Trinajstić information content (AvgIpc) is 2.46. The average molecular weight is 294 g/mol. The third-order valence-electron chi connectivity index (χ3n) is 2.66. The van der Waals surface area contributed by atoms with Gasteiger partial charge in [-0.1, -0.05) is 6.07 Å². The Morgan fingerprint density at radius 3 is 2.19 bits per heavy atom. The van der Waals surface area contributed by atoms with Crippen LogP contribution in [0.4, 0.5) is 11.4 Å². The van der Waals surface area contributed by atoms with E-state index >= 15 is 0 Å². The van der Waals surface area contributed by atoms with Crippen molar-refractivity contribution in [3.63, 3.8) is 0 Å². The van der Waals surface area contributed by atoms with Crippen LogP contribution in [0.15, 0.2) is 24.3 Å². The van der Waals surface area contributed by atoms with Crippen LogP contribution in [0.5, 0.6) is 0 Å². The molecule has 0 aliphatic carbocycles. The van der Waals surface area contributed by atoms with Crippen LogP contribution >= 0.6 is 0 Å². The molecular weight excluding hydrogens is 276 g/mol. The molecule has 0 saturated carbocycles. The normalized spacial score (nSPS) is 9.90. The van der Waals surface area contributed by atoms with Crippen molar-refractivity contribution in [2.45, 2.75) is 6.92 Å². The highest BCUT2D eigenvalue weighted by molar-refractivity contribution is 5.95. The number of methoxy groups -OCH3 is 2. The Hall–Kier alpha value is -2.57. The van der Waals surface area contributed by atoms with Gasteiger partial charge in [0.15, 0.2) is 5.92 Å². The van der Waals surface area contributed by atoms with Gasteiger partial charge in [-0.25, -0.2) is 0 Å².